The monoisotopic (exact) mass is 305 g/mol. The van der Waals surface area contributed by atoms with Crippen LogP contribution in [0.2, 0.25) is 0 Å². The lowest BCUT2D eigenvalue weighted by molar-refractivity contribution is 0.0268. The van der Waals surface area contributed by atoms with Crippen molar-refractivity contribution in [2.45, 2.75) is 45.6 Å². The molecule has 0 amide bonds. The van der Waals surface area contributed by atoms with E-state index in [1.807, 2.05) is 13.8 Å². The quantitative estimate of drug-likeness (QED) is 0.627. The van der Waals surface area contributed by atoms with Crippen molar-refractivity contribution < 1.29 is 4.74 Å². The largest absolute Gasteiger partial charge is 0.377 e. The van der Waals surface area contributed by atoms with Gasteiger partial charge in [0.2, 0.25) is 0 Å². The van der Waals surface area contributed by atoms with E-state index < -0.39 is 0 Å². The highest BCUT2D eigenvalue weighted by molar-refractivity contribution is 5.79. The molecule has 0 aliphatic rings. The van der Waals surface area contributed by atoms with Crippen LogP contribution in [0.3, 0.4) is 0 Å². The van der Waals surface area contributed by atoms with Gasteiger partial charge in [-0.3, -0.25) is 4.99 Å². The smallest absolute Gasteiger partial charge is 0.191 e. The molecule has 0 saturated heterocycles. The van der Waals surface area contributed by atoms with Crippen LogP contribution in [0.25, 0.3) is 0 Å². The number of nitrogens with zero attached hydrogens (tertiary/aromatic N) is 1. The minimum Gasteiger partial charge on any atom is -0.377 e. The fraction of sp³-hybridized carbons (Fsp3) is 0.611. The van der Waals surface area contributed by atoms with Gasteiger partial charge >= 0.3 is 0 Å². The van der Waals surface area contributed by atoms with Crippen molar-refractivity contribution in [2.75, 3.05) is 27.2 Å². The molecule has 0 aromatic heterocycles. The normalized spacial score (nSPS) is 13.1. The molecule has 0 aliphatic carbocycles. The Bertz CT molecular complexity index is 507. The number of aliphatic imine (C=N–C) groups is 1. The van der Waals surface area contributed by atoms with E-state index in [4.69, 9.17) is 4.74 Å². The molecule has 1 rings (SSSR count). The van der Waals surface area contributed by atoms with Crippen LogP contribution in [0.15, 0.2) is 29.3 Å². The highest BCUT2D eigenvalue weighted by Crippen LogP contribution is 2.25. The summed E-state index contributed by atoms with van der Waals surface area (Å²) in [4.78, 5) is 4.28. The van der Waals surface area contributed by atoms with Gasteiger partial charge in [-0.2, -0.15) is 0 Å². The van der Waals surface area contributed by atoms with Crippen LogP contribution in [0, 0.1) is 6.92 Å². The number of hydrogen-bond acceptors (Lipinski definition) is 2. The third-order valence-corrected chi connectivity index (χ3v) is 4.03. The van der Waals surface area contributed by atoms with Crippen LogP contribution in [0.1, 0.15) is 38.8 Å². The first-order valence-corrected chi connectivity index (χ1v) is 7.77. The molecule has 0 bridgehead atoms. The summed E-state index contributed by atoms with van der Waals surface area (Å²) in [6, 6.07) is 8.53. The van der Waals surface area contributed by atoms with E-state index in [-0.39, 0.29) is 11.0 Å². The molecule has 22 heavy (non-hydrogen) atoms. The van der Waals surface area contributed by atoms with Gasteiger partial charge in [0.25, 0.3) is 0 Å². The van der Waals surface area contributed by atoms with E-state index in [2.05, 4.69) is 60.7 Å². The van der Waals surface area contributed by atoms with Gasteiger partial charge in [-0.05, 0) is 31.9 Å². The molecule has 0 saturated carbocycles. The average Bonchev–Trinajstić information content (AvgIpc) is 2.47. The lowest BCUT2D eigenvalue weighted by Crippen LogP contribution is -2.48. The number of rotatable bonds is 6. The minimum absolute atomic E-state index is 0.0275. The third kappa shape index (κ3) is 5.34. The van der Waals surface area contributed by atoms with Gasteiger partial charge in [0, 0.05) is 32.7 Å². The Labute approximate surface area is 135 Å². The molecule has 0 atom stereocenters. The lowest BCUT2D eigenvalue weighted by atomic mass is 9.82. The van der Waals surface area contributed by atoms with Gasteiger partial charge in [-0.1, -0.05) is 38.1 Å². The minimum atomic E-state index is -0.219. The Morgan fingerprint density at radius 3 is 2.23 bits per heavy atom. The Morgan fingerprint density at radius 2 is 1.68 bits per heavy atom. The van der Waals surface area contributed by atoms with Gasteiger partial charge < -0.3 is 15.4 Å². The molecule has 1 aromatic rings. The van der Waals surface area contributed by atoms with E-state index in [1.165, 1.54) is 11.1 Å². The first kappa shape index (κ1) is 18.5. The van der Waals surface area contributed by atoms with Crippen molar-refractivity contribution in [3.05, 3.63) is 35.4 Å². The summed E-state index contributed by atoms with van der Waals surface area (Å²) >= 11 is 0. The SMILES string of the molecule is CN=C(NCC(C)(C)OC)NCC(C)(C)c1ccccc1C. The van der Waals surface area contributed by atoms with Gasteiger partial charge in [0.1, 0.15) is 0 Å². The Balaban J connectivity index is 2.65. The zero-order valence-corrected chi connectivity index (χ0v) is 15.1. The van der Waals surface area contributed by atoms with Gasteiger partial charge in [0.05, 0.1) is 5.60 Å². The highest BCUT2D eigenvalue weighted by atomic mass is 16.5. The van der Waals surface area contributed by atoms with E-state index in [0.717, 1.165) is 12.5 Å². The van der Waals surface area contributed by atoms with Crippen LogP contribution in [-0.2, 0) is 10.2 Å². The zero-order chi connectivity index (χ0) is 16.8. The van der Waals surface area contributed by atoms with Crippen molar-refractivity contribution >= 4 is 5.96 Å². The first-order chi connectivity index (χ1) is 10.2. The van der Waals surface area contributed by atoms with Crippen LogP contribution < -0.4 is 10.6 Å². The first-order valence-electron chi connectivity index (χ1n) is 7.77. The number of ether oxygens (including phenoxy) is 1. The van der Waals surface area contributed by atoms with Gasteiger partial charge in [-0.15, -0.1) is 0 Å². The Morgan fingerprint density at radius 1 is 1.09 bits per heavy atom. The maximum atomic E-state index is 5.42. The summed E-state index contributed by atoms with van der Waals surface area (Å²) in [6.07, 6.45) is 0. The van der Waals surface area contributed by atoms with Crippen molar-refractivity contribution in [3.63, 3.8) is 0 Å². The summed E-state index contributed by atoms with van der Waals surface area (Å²) in [6.45, 7) is 12.3. The molecule has 0 spiro atoms. The molecule has 0 unspecified atom stereocenters. The molecule has 0 heterocycles. The van der Waals surface area contributed by atoms with E-state index in [1.54, 1.807) is 14.2 Å². The summed E-state index contributed by atoms with van der Waals surface area (Å²) in [5.41, 5.74) is 2.48. The Hall–Kier alpha value is -1.55. The molecule has 124 valence electrons. The van der Waals surface area contributed by atoms with Crippen LogP contribution >= 0.6 is 0 Å². The predicted octanol–water partition coefficient (Wildman–Crippen LogP) is 2.86. The third-order valence-electron chi connectivity index (χ3n) is 4.03. The number of hydrogen-bond donors (Lipinski definition) is 2. The summed E-state index contributed by atoms with van der Waals surface area (Å²) < 4.78 is 5.42. The number of benzene rings is 1. The fourth-order valence-electron chi connectivity index (χ4n) is 2.32. The van der Waals surface area contributed by atoms with E-state index in [9.17, 15) is 0 Å². The summed E-state index contributed by atoms with van der Waals surface area (Å²) in [5, 5.41) is 6.73. The second-order valence-electron chi connectivity index (χ2n) is 6.94. The highest BCUT2D eigenvalue weighted by Gasteiger charge is 2.23. The predicted molar refractivity (Wildman–Crippen MR) is 94.7 cm³/mol. The van der Waals surface area contributed by atoms with Crippen LogP contribution in [0.4, 0.5) is 0 Å². The molecule has 0 fully saturated rings. The van der Waals surface area contributed by atoms with Crippen molar-refractivity contribution in [1.29, 1.82) is 0 Å². The number of aryl methyl sites for hydroxylation is 1. The Kier molecular flexibility index (Phi) is 6.42. The van der Waals surface area contributed by atoms with Crippen molar-refractivity contribution in [3.8, 4) is 0 Å². The molecule has 4 nitrogen and oxygen atoms in total. The standard InChI is InChI=1S/C18H31N3O/c1-14-10-8-9-11-15(14)17(2,3)12-20-16(19-6)21-13-18(4,5)22-7/h8-11H,12-13H2,1-7H3,(H2,19,20,21). The molecule has 4 heteroatoms. The number of nitrogens with one attached hydrogen (secondary N) is 2. The molecule has 1 aromatic carbocycles. The summed E-state index contributed by atoms with van der Waals surface area (Å²) in [5.74, 6) is 0.798. The molecule has 0 aliphatic heterocycles. The second-order valence-corrected chi connectivity index (χ2v) is 6.94. The second kappa shape index (κ2) is 7.63. The van der Waals surface area contributed by atoms with Crippen LogP contribution in [0.5, 0.6) is 0 Å². The van der Waals surface area contributed by atoms with E-state index in [0.29, 0.717) is 6.54 Å². The molecule has 2 N–H and O–H groups in total. The molecular weight excluding hydrogens is 274 g/mol. The topological polar surface area (TPSA) is 45.7 Å². The number of methoxy groups -OCH3 is 1. The van der Waals surface area contributed by atoms with Crippen LogP contribution in [-0.4, -0.2) is 38.8 Å². The van der Waals surface area contributed by atoms with Crippen molar-refractivity contribution in [1.82, 2.24) is 10.6 Å². The fourth-order valence-corrected chi connectivity index (χ4v) is 2.32. The van der Waals surface area contributed by atoms with E-state index >= 15 is 0 Å². The van der Waals surface area contributed by atoms with Crippen molar-refractivity contribution in [2.24, 2.45) is 4.99 Å². The zero-order valence-electron chi connectivity index (χ0n) is 15.1. The van der Waals surface area contributed by atoms with Gasteiger partial charge in [0.15, 0.2) is 5.96 Å². The summed E-state index contributed by atoms with van der Waals surface area (Å²) in [7, 11) is 3.51. The molecule has 0 radical (unpaired) electrons. The lowest BCUT2D eigenvalue weighted by Gasteiger charge is -2.29. The average molecular weight is 305 g/mol. The maximum absolute atomic E-state index is 5.42. The molecular formula is C18H31N3O. The maximum Gasteiger partial charge on any atom is 0.191 e. The number of guanidine groups is 1. The van der Waals surface area contributed by atoms with Gasteiger partial charge in [-0.25, -0.2) is 0 Å².